The number of nitriles is 1. The first-order valence-electron chi connectivity index (χ1n) is 11.1. The zero-order valence-corrected chi connectivity index (χ0v) is 20.3. The van der Waals surface area contributed by atoms with Gasteiger partial charge in [0.15, 0.2) is 5.78 Å². The number of carboxylic acids is 1. The van der Waals surface area contributed by atoms with Gasteiger partial charge in [-0.05, 0) is 48.4 Å². The molecule has 4 aromatic rings. The van der Waals surface area contributed by atoms with Crippen LogP contribution in [0.15, 0.2) is 59.5 Å². The van der Waals surface area contributed by atoms with Gasteiger partial charge in [-0.2, -0.15) is 5.26 Å². The first-order valence-corrected chi connectivity index (χ1v) is 11.5. The number of carbonyl (C=O) groups excluding carboxylic acids is 1. The molecule has 0 bridgehead atoms. The summed E-state index contributed by atoms with van der Waals surface area (Å²) in [5.41, 5.74) is 2.23. The summed E-state index contributed by atoms with van der Waals surface area (Å²) in [6, 6.07) is 14.2. The highest BCUT2D eigenvalue weighted by Gasteiger charge is 2.23. The van der Waals surface area contributed by atoms with E-state index in [1.54, 1.807) is 36.4 Å². The second kappa shape index (κ2) is 10.1. The lowest BCUT2D eigenvalue weighted by Gasteiger charge is -2.20. The summed E-state index contributed by atoms with van der Waals surface area (Å²) < 4.78 is 6.87. The first kappa shape index (κ1) is 24.8. The normalized spacial score (nSPS) is 11.7. The Morgan fingerprint density at radius 1 is 1.17 bits per heavy atom. The van der Waals surface area contributed by atoms with E-state index in [2.05, 4.69) is 11.1 Å². The van der Waals surface area contributed by atoms with Gasteiger partial charge < -0.3 is 19.4 Å². The van der Waals surface area contributed by atoms with E-state index in [0.717, 1.165) is 0 Å². The van der Waals surface area contributed by atoms with Gasteiger partial charge in [-0.15, -0.1) is 0 Å². The van der Waals surface area contributed by atoms with Gasteiger partial charge in [-0.1, -0.05) is 24.6 Å². The number of aromatic amines is 1. The van der Waals surface area contributed by atoms with Crippen molar-refractivity contribution in [3.8, 4) is 22.9 Å². The molecule has 182 valence electrons. The lowest BCUT2D eigenvalue weighted by atomic mass is 9.98. The number of pyridine rings is 1. The summed E-state index contributed by atoms with van der Waals surface area (Å²) in [6.07, 6.45) is 1.92. The van der Waals surface area contributed by atoms with Gasteiger partial charge in [0.1, 0.15) is 11.4 Å². The van der Waals surface area contributed by atoms with Crippen LogP contribution in [0.5, 0.6) is 5.75 Å². The second-order valence-electron chi connectivity index (χ2n) is 8.28. The van der Waals surface area contributed by atoms with Crippen molar-refractivity contribution in [3.63, 3.8) is 0 Å². The number of methoxy groups -OCH3 is 1. The van der Waals surface area contributed by atoms with Crippen molar-refractivity contribution in [3.05, 3.63) is 86.9 Å². The molecule has 9 heteroatoms. The molecule has 2 aromatic heterocycles. The van der Waals surface area contributed by atoms with Gasteiger partial charge in [0.25, 0.3) is 5.56 Å². The summed E-state index contributed by atoms with van der Waals surface area (Å²) >= 11 is 6.13. The molecule has 36 heavy (non-hydrogen) atoms. The van der Waals surface area contributed by atoms with Crippen molar-refractivity contribution in [2.45, 2.75) is 25.8 Å². The number of hydrogen-bond acceptors (Lipinski definition) is 5. The Morgan fingerprint density at radius 3 is 2.61 bits per heavy atom. The smallest absolute Gasteiger partial charge is 0.352 e. The Bertz CT molecular complexity index is 1600. The maximum Gasteiger partial charge on any atom is 0.352 e. The minimum Gasteiger partial charge on any atom is -0.495 e. The van der Waals surface area contributed by atoms with Crippen LogP contribution < -0.4 is 10.3 Å². The number of aromatic carboxylic acids is 1. The summed E-state index contributed by atoms with van der Waals surface area (Å²) in [7, 11) is 1.45. The lowest BCUT2D eigenvalue weighted by Crippen LogP contribution is -2.30. The van der Waals surface area contributed by atoms with Crippen LogP contribution in [0.4, 0.5) is 0 Å². The van der Waals surface area contributed by atoms with Gasteiger partial charge in [-0.3, -0.25) is 9.59 Å². The van der Waals surface area contributed by atoms with Gasteiger partial charge >= 0.3 is 5.97 Å². The molecule has 0 saturated carbocycles. The maximum absolute atomic E-state index is 13.3. The molecule has 0 fully saturated rings. The van der Waals surface area contributed by atoms with Crippen LogP contribution in [-0.4, -0.2) is 33.5 Å². The summed E-state index contributed by atoms with van der Waals surface area (Å²) in [6.45, 7) is 1.81. The van der Waals surface area contributed by atoms with E-state index in [1.807, 2.05) is 6.92 Å². The number of aromatic nitrogens is 2. The van der Waals surface area contributed by atoms with E-state index in [4.69, 9.17) is 16.3 Å². The highest BCUT2D eigenvalue weighted by Crippen LogP contribution is 2.33. The summed E-state index contributed by atoms with van der Waals surface area (Å²) in [5, 5.41) is 19.8. The summed E-state index contributed by atoms with van der Waals surface area (Å²) in [5.74, 6) is -0.913. The molecule has 0 spiro atoms. The molecule has 8 nitrogen and oxygen atoms in total. The van der Waals surface area contributed by atoms with Crippen LogP contribution >= 0.6 is 11.6 Å². The van der Waals surface area contributed by atoms with Crippen molar-refractivity contribution in [1.82, 2.24) is 9.55 Å². The molecular weight excluding hydrogens is 482 g/mol. The molecule has 1 atom stereocenters. The number of rotatable bonds is 8. The minimum absolute atomic E-state index is 0.0609. The molecule has 0 amide bonds. The maximum atomic E-state index is 13.3. The molecule has 0 aliphatic heterocycles. The minimum atomic E-state index is -1.06. The molecule has 0 aliphatic rings. The van der Waals surface area contributed by atoms with E-state index < -0.39 is 17.6 Å². The number of halogens is 1. The summed E-state index contributed by atoms with van der Waals surface area (Å²) in [4.78, 5) is 40.5. The number of carbonyl (C=O) groups is 2. The average molecular weight is 504 g/mol. The quantitative estimate of drug-likeness (QED) is 0.349. The van der Waals surface area contributed by atoms with Crippen LogP contribution in [0.25, 0.3) is 22.0 Å². The van der Waals surface area contributed by atoms with Gasteiger partial charge in [0.2, 0.25) is 0 Å². The Balaban J connectivity index is 1.68. The third kappa shape index (κ3) is 4.74. The van der Waals surface area contributed by atoms with Crippen molar-refractivity contribution >= 4 is 34.3 Å². The third-order valence-electron chi connectivity index (χ3n) is 6.04. The van der Waals surface area contributed by atoms with Crippen molar-refractivity contribution in [2.24, 2.45) is 0 Å². The molecule has 0 aliphatic carbocycles. The molecule has 2 aromatic carbocycles. The predicted molar refractivity (Wildman–Crippen MR) is 136 cm³/mol. The Hall–Kier alpha value is -4.35. The monoisotopic (exact) mass is 503 g/mol. The van der Waals surface area contributed by atoms with E-state index in [9.17, 15) is 24.8 Å². The number of fused-ring (bicyclic) bond motifs is 1. The highest BCUT2D eigenvalue weighted by molar-refractivity contribution is 6.31. The van der Waals surface area contributed by atoms with Crippen molar-refractivity contribution in [2.75, 3.05) is 7.11 Å². The molecular formula is C27H22ClN3O5. The number of ketones is 1. The Morgan fingerprint density at radius 2 is 1.94 bits per heavy atom. The number of H-pyrrole nitrogens is 1. The number of Topliss-reactive ketones (excluding diaryl/α,β-unsaturated/α-hetero) is 1. The molecule has 2 N–H and O–H groups in total. The molecule has 0 radical (unpaired) electrons. The average Bonchev–Trinajstić information content (AvgIpc) is 3.29. The molecule has 2 heterocycles. The van der Waals surface area contributed by atoms with Gasteiger partial charge in [0, 0.05) is 39.5 Å². The highest BCUT2D eigenvalue weighted by atomic mass is 35.5. The van der Waals surface area contributed by atoms with Crippen LogP contribution in [-0.2, 0) is 11.2 Å². The Kier molecular flexibility index (Phi) is 6.95. The first-order chi connectivity index (χ1) is 17.2. The lowest BCUT2D eigenvalue weighted by molar-refractivity contribution is -0.121. The fraction of sp³-hybridized carbons (Fsp3) is 0.185. The topological polar surface area (TPSA) is 125 Å². The van der Waals surface area contributed by atoms with Crippen LogP contribution in [0, 0.1) is 11.3 Å². The SMILES string of the molecule is CCC(C(=O)Cc1ccc2[nH]c(C(=O)O)cc2c1)n1cc(OC)c(-c2cc(Cl)ccc2C#N)cc1=O. The molecule has 1 unspecified atom stereocenters. The predicted octanol–water partition coefficient (Wildman–Crippen LogP) is 4.99. The van der Waals surface area contributed by atoms with Gasteiger partial charge in [0.05, 0.1) is 31.0 Å². The fourth-order valence-corrected chi connectivity index (χ4v) is 4.46. The van der Waals surface area contributed by atoms with E-state index in [-0.39, 0.29) is 17.9 Å². The van der Waals surface area contributed by atoms with E-state index in [0.29, 0.717) is 50.3 Å². The fourth-order valence-electron chi connectivity index (χ4n) is 4.29. The molecule has 0 saturated heterocycles. The van der Waals surface area contributed by atoms with Crippen LogP contribution in [0.3, 0.4) is 0 Å². The zero-order chi connectivity index (χ0) is 26.0. The number of benzene rings is 2. The Labute approximate surface area is 211 Å². The number of ether oxygens (including phenoxy) is 1. The number of nitrogens with one attached hydrogen (secondary N) is 1. The van der Waals surface area contributed by atoms with E-state index in [1.165, 1.54) is 30.0 Å². The number of nitrogens with zero attached hydrogens (tertiary/aromatic N) is 2. The van der Waals surface area contributed by atoms with Crippen LogP contribution in [0.2, 0.25) is 5.02 Å². The largest absolute Gasteiger partial charge is 0.495 e. The number of hydrogen-bond donors (Lipinski definition) is 2. The van der Waals surface area contributed by atoms with E-state index >= 15 is 0 Å². The standard InChI is InChI=1S/C27H22ClN3O5/c1-3-23(24(32)9-15-4-7-21-17(8-15)10-22(30-21)27(34)35)31-14-25(36-2)20(12-26(31)33)19-11-18(28)6-5-16(19)13-29/h4-8,10-12,14,23,30H,3,9H2,1-2H3,(H,34,35). The zero-order valence-electron chi connectivity index (χ0n) is 19.5. The van der Waals surface area contributed by atoms with Crippen LogP contribution in [0.1, 0.15) is 41.0 Å². The third-order valence-corrected chi connectivity index (χ3v) is 6.28. The van der Waals surface area contributed by atoms with Crippen molar-refractivity contribution in [1.29, 1.82) is 5.26 Å². The van der Waals surface area contributed by atoms with Crippen molar-refractivity contribution < 1.29 is 19.4 Å². The number of carboxylic acid groups (broad SMARTS) is 1. The second-order valence-corrected chi connectivity index (χ2v) is 8.72. The molecule has 4 rings (SSSR count). The van der Waals surface area contributed by atoms with Gasteiger partial charge in [-0.25, -0.2) is 4.79 Å².